The van der Waals surface area contributed by atoms with Crippen LogP contribution in [0.25, 0.3) is 0 Å². The molecular weight excluding hydrogens is 908 g/mol. The van der Waals surface area contributed by atoms with Gasteiger partial charge in [-0.05, 0) is 96.3 Å². The number of unbranched alkanes of at least 4 members (excludes halogenated alkanes) is 17. The Bertz CT molecular complexity index is 1520. The number of hydrogen-bond donors (Lipinski definition) is 6. The molecule has 0 aromatic carbocycles. The molecule has 402 valence electrons. The lowest BCUT2D eigenvalue weighted by Crippen LogP contribution is -2.64. The van der Waals surface area contributed by atoms with E-state index in [2.05, 4.69) is 111 Å². The molecule has 0 aliphatic heterocycles. The van der Waals surface area contributed by atoms with Crippen molar-refractivity contribution in [1.29, 1.82) is 0 Å². The van der Waals surface area contributed by atoms with Crippen molar-refractivity contribution in [2.45, 2.75) is 236 Å². The van der Waals surface area contributed by atoms with Crippen LogP contribution in [0.1, 0.15) is 194 Å². The standard InChI is InChI=1S/C57H97O12P/c1-3-5-7-9-11-13-15-17-19-21-23-24-25-26-27-29-31-33-35-37-39-41-43-45-47-66-48-50(49-67-70(64,65)69-57-55(62)53(60)52(59)54(61)56(57)63)68-51(58)46-44-42-40-38-36-34-32-30-28-22-20-18-16-14-12-10-8-6-4-2/h5,7,11-14,17-20,23-24,26-28,30,50,52-57,59-63H,3-4,6,8-10,15-16,21-22,25,29,31-49H2,1-2H3,(H,64,65)/b7-5-,13-11-,14-12-,19-17-,20-18-,24-23-,27-26-,30-28-. The lowest BCUT2D eigenvalue weighted by molar-refractivity contribution is -0.220. The molecule has 0 amide bonds. The number of ether oxygens (including phenoxy) is 2. The first-order chi connectivity index (χ1) is 34.0. The quantitative estimate of drug-likeness (QED) is 0.0147. The van der Waals surface area contributed by atoms with Crippen LogP contribution in [0, 0.1) is 0 Å². The van der Waals surface area contributed by atoms with E-state index in [0.717, 1.165) is 116 Å². The van der Waals surface area contributed by atoms with E-state index < -0.39 is 63.1 Å². The van der Waals surface area contributed by atoms with Crippen molar-refractivity contribution in [3.05, 3.63) is 97.2 Å². The largest absolute Gasteiger partial charge is 0.472 e. The number of carbonyl (C=O) groups is 1. The Labute approximate surface area is 424 Å². The molecular formula is C57H97O12P. The maximum Gasteiger partial charge on any atom is 0.472 e. The second kappa shape index (κ2) is 46.1. The van der Waals surface area contributed by atoms with Crippen molar-refractivity contribution < 1.29 is 58.3 Å². The lowest BCUT2D eigenvalue weighted by Gasteiger charge is -2.41. The second-order valence-corrected chi connectivity index (χ2v) is 19.7. The summed E-state index contributed by atoms with van der Waals surface area (Å²) in [6.45, 7) is 4.09. The van der Waals surface area contributed by atoms with E-state index in [-0.39, 0.29) is 13.0 Å². The summed E-state index contributed by atoms with van der Waals surface area (Å²) >= 11 is 0. The third-order valence-corrected chi connectivity index (χ3v) is 12.9. The Balaban J connectivity index is 2.34. The number of hydrogen-bond acceptors (Lipinski definition) is 11. The second-order valence-electron chi connectivity index (χ2n) is 18.3. The van der Waals surface area contributed by atoms with Crippen molar-refractivity contribution in [3.8, 4) is 0 Å². The van der Waals surface area contributed by atoms with Gasteiger partial charge in [0.25, 0.3) is 0 Å². The van der Waals surface area contributed by atoms with E-state index in [1.54, 1.807) is 0 Å². The van der Waals surface area contributed by atoms with Crippen LogP contribution in [0.2, 0.25) is 0 Å². The van der Waals surface area contributed by atoms with Gasteiger partial charge in [0.05, 0.1) is 13.2 Å². The van der Waals surface area contributed by atoms with Gasteiger partial charge in [-0.15, -0.1) is 0 Å². The van der Waals surface area contributed by atoms with E-state index in [0.29, 0.717) is 13.0 Å². The van der Waals surface area contributed by atoms with Gasteiger partial charge in [0.1, 0.15) is 42.7 Å². The predicted molar refractivity (Wildman–Crippen MR) is 285 cm³/mol. The average molecular weight is 1010 g/mol. The van der Waals surface area contributed by atoms with E-state index in [4.69, 9.17) is 18.5 Å². The summed E-state index contributed by atoms with van der Waals surface area (Å²) in [6.07, 6.45) is 51.8. The Morgan fingerprint density at radius 2 is 0.843 bits per heavy atom. The maximum atomic E-state index is 12.9. The van der Waals surface area contributed by atoms with Gasteiger partial charge < -0.3 is 39.9 Å². The molecule has 0 saturated heterocycles. The molecule has 0 aromatic heterocycles. The fourth-order valence-electron chi connectivity index (χ4n) is 7.68. The first kappa shape index (κ1) is 65.3. The summed E-state index contributed by atoms with van der Waals surface area (Å²) < 4.78 is 34.3. The summed E-state index contributed by atoms with van der Waals surface area (Å²) in [5.74, 6) is -0.496. The molecule has 0 aromatic rings. The zero-order chi connectivity index (χ0) is 51.2. The van der Waals surface area contributed by atoms with Gasteiger partial charge in [0.2, 0.25) is 0 Å². The number of esters is 1. The van der Waals surface area contributed by atoms with Crippen molar-refractivity contribution in [3.63, 3.8) is 0 Å². The molecule has 0 heterocycles. The molecule has 1 saturated carbocycles. The molecule has 6 N–H and O–H groups in total. The number of aliphatic hydroxyl groups excluding tert-OH is 5. The molecule has 12 nitrogen and oxygen atoms in total. The van der Waals surface area contributed by atoms with Crippen LogP contribution in [0.15, 0.2) is 97.2 Å². The zero-order valence-corrected chi connectivity index (χ0v) is 44.2. The average Bonchev–Trinajstić information content (AvgIpc) is 3.35. The van der Waals surface area contributed by atoms with Crippen molar-refractivity contribution >= 4 is 13.8 Å². The Kier molecular flexibility index (Phi) is 43.0. The number of rotatable bonds is 45. The fourth-order valence-corrected chi connectivity index (χ4v) is 8.66. The van der Waals surface area contributed by atoms with Gasteiger partial charge in [-0.3, -0.25) is 13.8 Å². The van der Waals surface area contributed by atoms with Crippen LogP contribution in [0.3, 0.4) is 0 Å². The molecule has 6 atom stereocenters. The highest BCUT2D eigenvalue weighted by molar-refractivity contribution is 7.47. The molecule has 6 unspecified atom stereocenters. The van der Waals surface area contributed by atoms with Crippen molar-refractivity contribution in [2.75, 3.05) is 19.8 Å². The topological polar surface area (TPSA) is 192 Å². The SMILES string of the molecule is CC/C=C\C/C=C\C/C=C\C/C=C\C/C=C\CCCCCCCCCCOCC(COP(=O)(O)OC1C(O)C(O)C(O)C(O)C1O)OC(=O)CCCCCCCC/C=C\C/C=C\C/C=C\CCCCC. The summed E-state index contributed by atoms with van der Waals surface area (Å²) in [5.41, 5.74) is 0. The van der Waals surface area contributed by atoms with Crippen LogP contribution < -0.4 is 0 Å². The van der Waals surface area contributed by atoms with Crippen LogP contribution in [0.5, 0.6) is 0 Å². The fraction of sp³-hybridized carbons (Fsp3) is 0.702. The number of phosphoric ester groups is 1. The third kappa shape index (κ3) is 37.1. The molecule has 70 heavy (non-hydrogen) atoms. The van der Waals surface area contributed by atoms with Crippen molar-refractivity contribution in [1.82, 2.24) is 0 Å². The van der Waals surface area contributed by atoms with E-state index in [9.17, 15) is 39.8 Å². The number of allylic oxidation sites excluding steroid dienone is 16. The number of carbonyl (C=O) groups excluding carboxylic acids is 1. The van der Waals surface area contributed by atoms with E-state index in [1.165, 1.54) is 51.4 Å². The lowest BCUT2D eigenvalue weighted by atomic mass is 9.85. The molecule has 1 aliphatic carbocycles. The van der Waals surface area contributed by atoms with Gasteiger partial charge in [-0.25, -0.2) is 4.57 Å². The van der Waals surface area contributed by atoms with E-state index in [1.807, 2.05) is 0 Å². The zero-order valence-electron chi connectivity index (χ0n) is 43.3. The van der Waals surface area contributed by atoms with Gasteiger partial charge in [-0.1, -0.05) is 188 Å². The van der Waals surface area contributed by atoms with Crippen LogP contribution in [-0.4, -0.2) is 98.9 Å². The molecule has 1 aliphatic rings. The maximum absolute atomic E-state index is 12.9. The molecule has 13 heteroatoms. The summed E-state index contributed by atoms with van der Waals surface area (Å²) in [5, 5.41) is 50.4. The Hall–Kier alpha value is -2.74. The highest BCUT2D eigenvalue weighted by atomic mass is 31.2. The van der Waals surface area contributed by atoms with Crippen LogP contribution in [-0.2, 0) is 27.9 Å². The van der Waals surface area contributed by atoms with Crippen molar-refractivity contribution in [2.24, 2.45) is 0 Å². The molecule has 0 spiro atoms. The third-order valence-electron chi connectivity index (χ3n) is 11.9. The smallest absolute Gasteiger partial charge is 0.457 e. The van der Waals surface area contributed by atoms with Crippen LogP contribution >= 0.6 is 7.82 Å². The summed E-state index contributed by atoms with van der Waals surface area (Å²) in [7, 11) is -5.04. The minimum atomic E-state index is -5.04. The number of aliphatic hydroxyl groups is 5. The number of phosphoric acid groups is 1. The van der Waals surface area contributed by atoms with Gasteiger partial charge in [0.15, 0.2) is 0 Å². The molecule has 1 fully saturated rings. The summed E-state index contributed by atoms with van der Waals surface area (Å²) in [6, 6.07) is 0. The van der Waals surface area contributed by atoms with Crippen LogP contribution in [0.4, 0.5) is 0 Å². The highest BCUT2D eigenvalue weighted by Crippen LogP contribution is 2.47. The summed E-state index contributed by atoms with van der Waals surface area (Å²) in [4.78, 5) is 23.3. The molecule has 0 bridgehead atoms. The minimum absolute atomic E-state index is 0.0940. The molecule has 1 rings (SSSR count). The first-order valence-corrected chi connectivity index (χ1v) is 28.6. The monoisotopic (exact) mass is 1000 g/mol. The normalized spacial score (nSPS) is 21.7. The Morgan fingerprint density at radius 1 is 0.471 bits per heavy atom. The van der Waals surface area contributed by atoms with Gasteiger partial charge in [-0.2, -0.15) is 0 Å². The Morgan fingerprint density at radius 3 is 1.29 bits per heavy atom. The van der Waals surface area contributed by atoms with Gasteiger partial charge >= 0.3 is 13.8 Å². The highest BCUT2D eigenvalue weighted by Gasteiger charge is 2.51. The van der Waals surface area contributed by atoms with Gasteiger partial charge in [0, 0.05) is 13.0 Å². The first-order valence-electron chi connectivity index (χ1n) is 27.1. The predicted octanol–water partition coefficient (Wildman–Crippen LogP) is 12.6. The molecule has 0 radical (unpaired) electrons. The minimum Gasteiger partial charge on any atom is -0.457 e. The van der Waals surface area contributed by atoms with E-state index >= 15 is 0 Å².